The Bertz CT molecular complexity index is 490. The zero-order chi connectivity index (χ0) is 15.5. The molecule has 1 fully saturated rings. The van der Waals surface area contributed by atoms with Crippen molar-refractivity contribution in [2.75, 3.05) is 18.8 Å². The van der Waals surface area contributed by atoms with Gasteiger partial charge in [0, 0.05) is 18.8 Å². The van der Waals surface area contributed by atoms with Crippen LogP contribution in [0.3, 0.4) is 0 Å². The number of halogens is 1. The summed E-state index contributed by atoms with van der Waals surface area (Å²) in [6.07, 6.45) is 3.01. The number of thioether (sulfide) groups is 1. The van der Waals surface area contributed by atoms with Crippen LogP contribution in [0.25, 0.3) is 0 Å². The van der Waals surface area contributed by atoms with Crippen LogP contribution in [0.4, 0.5) is 9.18 Å². The number of ether oxygens (including phenoxy) is 1. The molecule has 1 aliphatic heterocycles. The lowest BCUT2D eigenvalue weighted by Crippen LogP contribution is -2.35. The van der Waals surface area contributed by atoms with Gasteiger partial charge in [-0.15, -0.1) is 0 Å². The summed E-state index contributed by atoms with van der Waals surface area (Å²) in [5.74, 6) is 0.762. The van der Waals surface area contributed by atoms with E-state index in [1.54, 1.807) is 4.90 Å². The third-order valence-electron chi connectivity index (χ3n) is 2.98. The normalized spacial score (nSPS) is 18.9. The molecule has 0 aliphatic carbocycles. The van der Waals surface area contributed by atoms with E-state index < -0.39 is 11.4 Å². The van der Waals surface area contributed by atoms with Crippen molar-refractivity contribution in [3.05, 3.63) is 18.2 Å². The van der Waals surface area contributed by atoms with Crippen LogP contribution >= 0.6 is 11.8 Å². The second-order valence-corrected chi connectivity index (χ2v) is 7.06. The first-order chi connectivity index (χ1) is 9.83. The van der Waals surface area contributed by atoms with Gasteiger partial charge in [-0.3, -0.25) is 0 Å². The van der Waals surface area contributed by atoms with Crippen LogP contribution in [0.1, 0.15) is 27.2 Å². The van der Waals surface area contributed by atoms with E-state index in [0.29, 0.717) is 24.2 Å². The number of rotatable bonds is 3. The van der Waals surface area contributed by atoms with Crippen LogP contribution in [-0.4, -0.2) is 45.4 Å². The molecule has 2 rings (SSSR count). The fraction of sp³-hybridized carbons (Fsp3) is 0.643. The number of nitrogens with zero attached hydrogens (tertiary/aromatic N) is 3. The van der Waals surface area contributed by atoms with E-state index in [1.807, 2.05) is 20.8 Å². The molecule has 116 valence electrons. The van der Waals surface area contributed by atoms with E-state index in [2.05, 4.69) is 9.97 Å². The van der Waals surface area contributed by atoms with Crippen LogP contribution in [0, 0.1) is 11.7 Å². The molecule has 7 heteroatoms. The van der Waals surface area contributed by atoms with Crippen LogP contribution in [0.15, 0.2) is 17.6 Å². The predicted octanol–water partition coefficient (Wildman–Crippen LogP) is 2.96. The molecule has 1 amide bonds. The number of hydrogen-bond donors (Lipinski definition) is 0. The fourth-order valence-electron chi connectivity index (χ4n) is 2.03. The van der Waals surface area contributed by atoms with E-state index in [0.717, 1.165) is 24.6 Å². The Morgan fingerprint density at radius 2 is 2.14 bits per heavy atom. The highest BCUT2D eigenvalue weighted by molar-refractivity contribution is 7.99. The average molecular weight is 313 g/mol. The SMILES string of the molecule is CC(C)(C)OC(=O)N1CC[C@H](CSc2ncc(F)cn2)C1. The molecular formula is C14H20FN3O2S. The van der Waals surface area contributed by atoms with Gasteiger partial charge in [0.2, 0.25) is 0 Å². The van der Waals surface area contributed by atoms with Crippen molar-refractivity contribution in [2.45, 2.75) is 37.9 Å². The summed E-state index contributed by atoms with van der Waals surface area (Å²) in [6, 6.07) is 0. The summed E-state index contributed by atoms with van der Waals surface area (Å²) >= 11 is 1.49. The van der Waals surface area contributed by atoms with Gasteiger partial charge >= 0.3 is 6.09 Å². The molecule has 1 aromatic heterocycles. The summed E-state index contributed by atoms with van der Waals surface area (Å²) < 4.78 is 18.1. The molecule has 2 heterocycles. The summed E-state index contributed by atoms with van der Waals surface area (Å²) in [5, 5.41) is 0.562. The summed E-state index contributed by atoms with van der Waals surface area (Å²) in [5.41, 5.74) is -0.466. The maximum Gasteiger partial charge on any atom is 0.410 e. The third kappa shape index (κ3) is 5.15. The highest BCUT2D eigenvalue weighted by atomic mass is 32.2. The van der Waals surface area contributed by atoms with Gasteiger partial charge in [-0.2, -0.15) is 0 Å². The average Bonchev–Trinajstić information content (AvgIpc) is 2.85. The quantitative estimate of drug-likeness (QED) is 0.634. The lowest BCUT2D eigenvalue weighted by atomic mass is 10.2. The minimum Gasteiger partial charge on any atom is -0.444 e. The zero-order valence-corrected chi connectivity index (χ0v) is 13.3. The van der Waals surface area contributed by atoms with Crippen LogP contribution in [0.2, 0.25) is 0 Å². The van der Waals surface area contributed by atoms with Crippen LogP contribution in [0.5, 0.6) is 0 Å². The van der Waals surface area contributed by atoms with Crippen LogP contribution in [-0.2, 0) is 4.74 Å². The van der Waals surface area contributed by atoms with E-state index >= 15 is 0 Å². The molecule has 1 aromatic rings. The highest BCUT2D eigenvalue weighted by Crippen LogP contribution is 2.25. The number of likely N-dealkylation sites (tertiary alicyclic amines) is 1. The molecule has 0 saturated carbocycles. The van der Waals surface area contributed by atoms with Gasteiger partial charge in [0.05, 0.1) is 12.4 Å². The fourth-order valence-corrected chi connectivity index (χ4v) is 2.94. The molecule has 0 unspecified atom stereocenters. The minimum atomic E-state index is -0.466. The van der Waals surface area contributed by atoms with Crippen molar-refractivity contribution in [3.8, 4) is 0 Å². The van der Waals surface area contributed by atoms with E-state index in [1.165, 1.54) is 11.8 Å². The molecule has 0 N–H and O–H groups in total. The number of aromatic nitrogens is 2. The Morgan fingerprint density at radius 1 is 1.48 bits per heavy atom. The molecule has 21 heavy (non-hydrogen) atoms. The monoisotopic (exact) mass is 313 g/mol. The number of carbonyl (C=O) groups excluding carboxylic acids is 1. The first-order valence-electron chi connectivity index (χ1n) is 6.92. The Labute approximate surface area is 128 Å². The second kappa shape index (κ2) is 6.60. The highest BCUT2D eigenvalue weighted by Gasteiger charge is 2.29. The Morgan fingerprint density at radius 3 is 2.76 bits per heavy atom. The van der Waals surface area contributed by atoms with Gasteiger partial charge in [-0.25, -0.2) is 19.2 Å². The van der Waals surface area contributed by atoms with Gasteiger partial charge in [0.15, 0.2) is 11.0 Å². The lowest BCUT2D eigenvalue weighted by Gasteiger charge is -2.24. The van der Waals surface area contributed by atoms with Gasteiger partial charge < -0.3 is 9.64 Å². The predicted molar refractivity (Wildman–Crippen MR) is 78.6 cm³/mol. The molecule has 0 bridgehead atoms. The zero-order valence-electron chi connectivity index (χ0n) is 12.5. The first kappa shape index (κ1) is 16.0. The number of amides is 1. The van der Waals surface area contributed by atoms with Gasteiger partial charge in [-0.1, -0.05) is 11.8 Å². The lowest BCUT2D eigenvalue weighted by molar-refractivity contribution is 0.0289. The molecule has 1 saturated heterocycles. The summed E-state index contributed by atoms with van der Waals surface area (Å²) in [7, 11) is 0. The summed E-state index contributed by atoms with van der Waals surface area (Å²) in [6.45, 7) is 6.98. The molecular weight excluding hydrogens is 293 g/mol. The molecule has 0 aromatic carbocycles. The molecule has 1 atom stereocenters. The van der Waals surface area contributed by atoms with Crippen molar-refractivity contribution >= 4 is 17.9 Å². The smallest absolute Gasteiger partial charge is 0.410 e. The Kier molecular flexibility index (Phi) is 5.03. The standard InChI is InChI=1S/C14H20FN3O2S/c1-14(2,3)20-13(19)18-5-4-10(8-18)9-21-12-16-6-11(15)7-17-12/h6-7,10H,4-5,8-9H2,1-3H3/t10-/m0/s1. The first-order valence-corrected chi connectivity index (χ1v) is 7.90. The molecule has 5 nitrogen and oxygen atoms in total. The van der Waals surface area contributed by atoms with E-state index in [4.69, 9.17) is 4.74 Å². The van der Waals surface area contributed by atoms with Crippen molar-refractivity contribution < 1.29 is 13.9 Å². The molecule has 0 radical (unpaired) electrons. The largest absolute Gasteiger partial charge is 0.444 e. The summed E-state index contributed by atoms with van der Waals surface area (Å²) in [4.78, 5) is 21.5. The van der Waals surface area contributed by atoms with E-state index in [9.17, 15) is 9.18 Å². The second-order valence-electron chi connectivity index (χ2n) is 6.08. The topological polar surface area (TPSA) is 55.3 Å². The van der Waals surface area contributed by atoms with Gasteiger partial charge in [0.25, 0.3) is 0 Å². The van der Waals surface area contributed by atoms with Crippen molar-refractivity contribution in [1.29, 1.82) is 0 Å². The van der Waals surface area contributed by atoms with Crippen molar-refractivity contribution in [3.63, 3.8) is 0 Å². The van der Waals surface area contributed by atoms with E-state index in [-0.39, 0.29) is 6.09 Å². The molecule has 0 spiro atoms. The maximum absolute atomic E-state index is 12.7. The van der Waals surface area contributed by atoms with Crippen molar-refractivity contribution in [1.82, 2.24) is 14.9 Å². The van der Waals surface area contributed by atoms with Gasteiger partial charge in [0.1, 0.15) is 5.60 Å². The third-order valence-corrected chi connectivity index (χ3v) is 4.09. The Balaban J connectivity index is 1.77. The molecule has 1 aliphatic rings. The van der Waals surface area contributed by atoms with Gasteiger partial charge in [-0.05, 0) is 33.1 Å². The van der Waals surface area contributed by atoms with Crippen LogP contribution < -0.4 is 0 Å². The Hall–Kier alpha value is -1.37. The number of hydrogen-bond acceptors (Lipinski definition) is 5. The minimum absolute atomic E-state index is 0.256. The maximum atomic E-state index is 12.7. The van der Waals surface area contributed by atoms with Crippen molar-refractivity contribution in [2.24, 2.45) is 5.92 Å². The number of carbonyl (C=O) groups is 1.